The van der Waals surface area contributed by atoms with Crippen molar-refractivity contribution in [1.82, 2.24) is 20.2 Å². The van der Waals surface area contributed by atoms with Crippen LogP contribution in [0.5, 0.6) is 0 Å². The molecule has 1 aliphatic heterocycles. The van der Waals surface area contributed by atoms with Crippen molar-refractivity contribution >= 4 is 12.0 Å². The number of amides is 2. The molecule has 1 aromatic rings. The maximum atomic E-state index is 13.3. The van der Waals surface area contributed by atoms with Crippen LogP contribution in [0.1, 0.15) is 58.1 Å². The highest BCUT2D eigenvalue weighted by atomic mass is 16.5. The number of carbonyl (C=O) groups is 2. The molecule has 2 atom stereocenters. The van der Waals surface area contributed by atoms with Gasteiger partial charge in [-0.15, -0.1) is 0 Å². The second kappa shape index (κ2) is 7.03. The number of aromatic amines is 1. The molecule has 1 aliphatic rings. The highest BCUT2D eigenvalue weighted by Gasteiger charge is 2.51. The highest BCUT2D eigenvalue weighted by molar-refractivity contribution is 5.90. The van der Waals surface area contributed by atoms with Gasteiger partial charge < -0.3 is 20.4 Å². The van der Waals surface area contributed by atoms with Crippen molar-refractivity contribution in [3.63, 3.8) is 0 Å². The van der Waals surface area contributed by atoms with Crippen LogP contribution in [0.15, 0.2) is 6.20 Å². The Morgan fingerprint density at radius 3 is 2.68 bits per heavy atom. The maximum absolute atomic E-state index is 13.3. The van der Waals surface area contributed by atoms with E-state index >= 15 is 0 Å². The summed E-state index contributed by atoms with van der Waals surface area (Å²) in [6.07, 6.45) is 3.58. The number of alkyl carbamates (subject to hydrolysis) is 1. The predicted octanol–water partition coefficient (Wildman–Crippen LogP) is 1.69. The Morgan fingerprint density at radius 1 is 1.48 bits per heavy atom. The first-order valence-electron chi connectivity index (χ1n) is 8.64. The Morgan fingerprint density at radius 2 is 2.16 bits per heavy atom. The second-order valence-corrected chi connectivity index (χ2v) is 7.48. The number of H-pyrrole nitrogens is 1. The van der Waals surface area contributed by atoms with Gasteiger partial charge in [-0.25, -0.2) is 9.78 Å². The predicted molar refractivity (Wildman–Crippen MR) is 93.6 cm³/mol. The smallest absolute Gasteiger partial charge is 0.408 e. The van der Waals surface area contributed by atoms with Gasteiger partial charge in [0, 0.05) is 23.9 Å². The zero-order valence-corrected chi connectivity index (χ0v) is 15.7. The molecule has 1 fully saturated rings. The maximum Gasteiger partial charge on any atom is 0.408 e. The Hall–Kier alpha value is -2.09. The number of imidazole rings is 1. The van der Waals surface area contributed by atoms with Gasteiger partial charge in [-0.1, -0.05) is 27.7 Å². The zero-order chi connectivity index (χ0) is 18.8. The van der Waals surface area contributed by atoms with Crippen molar-refractivity contribution in [3.8, 4) is 0 Å². The van der Waals surface area contributed by atoms with Gasteiger partial charge >= 0.3 is 6.09 Å². The number of methoxy groups -OCH3 is 1. The van der Waals surface area contributed by atoms with E-state index in [9.17, 15) is 9.59 Å². The fourth-order valence-electron chi connectivity index (χ4n) is 3.02. The van der Waals surface area contributed by atoms with Crippen molar-refractivity contribution in [2.75, 3.05) is 13.7 Å². The molecule has 0 unspecified atom stereocenters. The molecular weight excluding hydrogens is 322 g/mol. The molecule has 2 rings (SSSR count). The number of aryl methyl sites for hydroxylation is 1. The summed E-state index contributed by atoms with van der Waals surface area (Å²) < 4.78 is 4.66. The first kappa shape index (κ1) is 19.2. The fourth-order valence-corrected chi connectivity index (χ4v) is 3.02. The number of likely N-dealkylation sites (tertiary alicyclic amines) is 1. The molecule has 0 aliphatic carbocycles. The monoisotopic (exact) mass is 351 g/mol. The van der Waals surface area contributed by atoms with Crippen LogP contribution >= 0.6 is 0 Å². The summed E-state index contributed by atoms with van der Waals surface area (Å²) in [4.78, 5) is 34.5. The fraction of sp³-hybridized carbons (Fsp3) is 0.706. The van der Waals surface area contributed by atoms with Gasteiger partial charge in [-0.3, -0.25) is 10.1 Å². The minimum Gasteiger partial charge on any atom is -0.453 e. The van der Waals surface area contributed by atoms with E-state index in [-0.39, 0.29) is 11.9 Å². The molecule has 4 N–H and O–H groups in total. The summed E-state index contributed by atoms with van der Waals surface area (Å²) in [6, 6.07) is -0.169. The molecule has 1 aromatic heterocycles. The van der Waals surface area contributed by atoms with Gasteiger partial charge in [0.05, 0.1) is 13.2 Å². The average molecular weight is 351 g/mol. The minimum atomic E-state index is -1.58. The van der Waals surface area contributed by atoms with E-state index in [0.717, 1.165) is 30.8 Å². The number of hydrogen-bond acceptors (Lipinski definition) is 5. The lowest BCUT2D eigenvalue weighted by Crippen LogP contribution is -2.71. The molecule has 25 heavy (non-hydrogen) atoms. The van der Waals surface area contributed by atoms with Gasteiger partial charge in [0.2, 0.25) is 0 Å². The van der Waals surface area contributed by atoms with E-state index in [2.05, 4.69) is 20.0 Å². The molecule has 140 valence electrons. The van der Waals surface area contributed by atoms with Gasteiger partial charge in [-0.2, -0.15) is 0 Å². The van der Waals surface area contributed by atoms with Crippen LogP contribution in [0.4, 0.5) is 4.79 Å². The third-order valence-electron chi connectivity index (χ3n) is 4.86. The van der Waals surface area contributed by atoms with Crippen molar-refractivity contribution in [2.45, 2.75) is 58.7 Å². The van der Waals surface area contributed by atoms with E-state index in [1.165, 1.54) is 7.11 Å². The van der Waals surface area contributed by atoms with Crippen LogP contribution in [0.2, 0.25) is 0 Å². The van der Waals surface area contributed by atoms with E-state index in [1.807, 2.05) is 27.7 Å². The van der Waals surface area contributed by atoms with Gasteiger partial charge in [0.25, 0.3) is 5.91 Å². The van der Waals surface area contributed by atoms with Crippen LogP contribution in [0.3, 0.4) is 0 Å². The number of hydrogen-bond donors (Lipinski definition) is 3. The van der Waals surface area contributed by atoms with Crippen molar-refractivity contribution < 1.29 is 14.3 Å². The van der Waals surface area contributed by atoms with Gasteiger partial charge in [-0.05, 0) is 19.3 Å². The standard InChI is InChI=1S/C17H29N5O3/c1-6-11-10-19-13(20-11)12-8-7-9-22(12)14(23)17(18,16(2,3)4)21-15(24)25-5/h10,12H,6-9,18H2,1-5H3,(H,19,20)(H,21,24)/t12-,17+/m0/s1. The number of carbonyl (C=O) groups excluding carboxylic acids is 2. The molecule has 8 nitrogen and oxygen atoms in total. The van der Waals surface area contributed by atoms with Crippen LogP contribution in [0, 0.1) is 5.41 Å². The Bertz CT molecular complexity index is 636. The molecule has 0 spiro atoms. The lowest BCUT2D eigenvalue weighted by molar-refractivity contribution is -0.144. The molecule has 0 radical (unpaired) electrons. The van der Waals surface area contributed by atoms with Crippen LogP contribution in [-0.2, 0) is 16.0 Å². The molecule has 2 amide bonds. The van der Waals surface area contributed by atoms with E-state index in [4.69, 9.17) is 5.73 Å². The van der Waals surface area contributed by atoms with Gasteiger partial charge in [0.15, 0.2) is 5.66 Å². The normalized spacial score (nSPS) is 20.2. The third-order valence-corrected chi connectivity index (χ3v) is 4.86. The van der Waals surface area contributed by atoms with Crippen molar-refractivity contribution in [2.24, 2.45) is 11.1 Å². The minimum absolute atomic E-state index is 0.169. The average Bonchev–Trinajstić information content (AvgIpc) is 3.20. The number of aromatic nitrogens is 2. The quantitative estimate of drug-likeness (QED) is 0.715. The molecule has 2 heterocycles. The Balaban J connectivity index is 2.32. The third kappa shape index (κ3) is 3.63. The molecule has 0 aromatic carbocycles. The number of rotatable bonds is 4. The van der Waals surface area contributed by atoms with Crippen LogP contribution < -0.4 is 11.1 Å². The summed E-state index contributed by atoms with van der Waals surface area (Å²) in [5, 5.41) is 2.54. The number of ether oxygens (including phenoxy) is 1. The van der Waals surface area contributed by atoms with Crippen molar-refractivity contribution in [1.29, 1.82) is 0 Å². The summed E-state index contributed by atoms with van der Waals surface area (Å²) in [5.74, 6) is 0.430. The Kier molecular flexibility index (Phi) is 5.41. The largest absolute Gasteiger partial charge is 0.453 e. The van der Waals surface area contributed by atoms with Crippen molar-refractivity contribution in [3.05, 3.63) is 17.7 Å². The lowest BCUT2D eigenvalue weighted by atomic mass is 9.79. The summed E-state index contributed by atoms with van der Waals surface area (Å²) in [5.41, 5.74) is 5.15. The van der Waals surface area contributed by atoms with Crippen LogP contribution in [-0.4, -0.2) is 46.2 Å². The second-order valence-electron chi connectivity index (χ2n) is 7.48. The first-order valence-corrected chi connectivity index (χ1v) is 8.64. The van der Waals surface area contributed by atoms with E-state index in [0.29, 0.717) is 6.54 Å². The van der Waals surface area contributed by atoms with Crippen LogP contribution in [0.25, 0.3) is 0 Å². The molecular formula is C17H29N5O3. The summed E-state index contributed by atoms with van der Waals surface area (Å²) >= 11 is 0. The SMILES string of the molecule is CCc1cnc([C@@H]2CCCN2C(=O)[C@@](N)(NC(=O)OC)C(C)(C)C)[nH]1. The topological polar surface area (TPSA) is 113 Å². The highest BCUT2D eigenvalue weighted by Crippen LogP contribution is 2.35. The number of nitrogens with two attached hydrogens (primary N) is 1. The molecule has 0 bridgehead atoms. The van der Waals surface area contributed by atoms with E-state index < -0.39 is 17.2 Å². The van der Waals surface area contributed by atoms with E-state index in [1.54, 1.807) is 11.1 Å². The molecule has 0 saturated carbocycles. The Labute approximate surface area is 148 Å². The summed E-state index contributed by atoms with van der Waals surface area (Å²) in [6.45, 7) is 8.05. The zero-order valence-electron chi connectivity index (χ0n) is 15.7. The molecule has 8 heteroatoms. The molecule has 1 saturated heterocycles. The lowest BCUT2D eigenvalue weighted by Gasteiger charge is -2.43. The summed E-state index contributed by atoms with van der Waals surface area (Å²) in [7, 11) is 1.25. The number of nitrogens with one attached hydrogen (secondary N) is 2. The first-order chi connectivity index (χ1) is 11.6. The van der Waals surface area contributed by atoms with Gasteiger partial charge in [0.1, 0.15) is 5.82 Å². The number of nitrogens with zero attached hydrogens (tertiary/aromatic N) is 2.